The quantitative estimate of drug-likeness (QED) is 0.350. The molecule has 1 N–H and O–H groups in total. The Balaban J connectivity index is 2.05. The summed E-state index contributed by atoms with van der Waals surface area (Å²) in [4.78, 5) is 15.8. The highest BCUT2D eigenvalue weighted by Crippen LogP contribution is 2.34. The fourth-order valence-corrected chi connectivity index (χ4v) is 3.08. The number of rotatable bonds is 3. The van der Waals surface area contributed by atoms with Crippen LogP contribution in [0.1, 0.15) is 10.5 Å². The van der Waals surface area contributed by atoms with Crippen LogP contribution in [0.15, 0.2) is 42.5 Å². The number of fused-ring (bicyclic) bond motifs is 1. The molecule has 2 aromatic carbocycles. The number of hydrogen-bond acceptors (Lipinski definition) is 5. The lowest BCUT2D eigenvalue weighted by atomic mass is 10.1. The van der Waals surface area contributed by atoms with Gasteiger partial charge in [-0.1, -0.05) is 17.7 Å². The predicted molar refractivity (Wildman–Crippen MR) is 99.0 cm³/mol. The van der Waals surface area contributed by atoms with Crippen LogP contribution in [-0.2, 0) is 4.74 Å². The number of ether oxygens (including phenoxy) is 2. The van der Waals surface area contributed by atoms with Gasteiger partial charge < -0.3 is 14.6 Å². The molecule has 1 heterocycles. The van der Waals surface area contributed by atoms with Crippen LogP contribution in [-0.4, -0.2) is 23.2 Å². The number of esters is 1. The first-order valence-electron chi connectivity index (χ1n) is 6.83. The molecule has 5 nitrogen and oxygen atoms in total. The number of aromatic hydroxyl groups is 1. The summed E-state index contributed by atoms with van der Waals surface area (Å²) in [5, 5.41) is 12.0. The van der Waals surface area contributed by atoms with E-state index < -0.39 is 5.97 Å². The summed E-state index contributed by atoms with van der Waals surface area (Å²) in [7, 11) is 1.24. The molecule has 0 amide bonds. The zero-order valence-electron chi connectivity index (χ0n) is 12.4. The number of carbonyl (C=O) groups is 1. The number of aromatic nitrogens is 1. The number of nitrogens with zero attached hydrogens (tertiary/aromatic N) is 1. The minimum absolute atomic E-state index is 0.113. The third kappa shape index (κ3) is 3.25. The molecule has 0 fully saturated rings. The van der Waals surface area contributed by atoms with E-state index >= 15 is 0 Å². The Labute approximate surface area is 156 Å². The van der Waals surface area contributed by atoms with Gasteiger partial charge in [0, 0.05) is 15.8 Å². The third-order valence-electron chi connectivity index (χ3n) is 3.31. The first-order chi connectivity index (χ1) is 11.5. The highest BCUT2D eigenvalue weighted by atomic mass is 127. The maximum atomic E-state index is 11.7. The van der Waals surface area contributed by atoms with Crippen molar-refractivity contribution in [3.63, 3.8) is 0 Å². The normalized spacial score (nSPS) is 10.6. The van der Waals surface area contributed by atoms with Crippen LogP contribution in [0, 0.1) is 3.70 Å². The fraction of sp³-hybridized carbons (Fsp3) is 0.0588. The Morgan fingerprint density at radius 1 is 1.17 bits per heavy atom. The SMILES string of the molecule is COC(=O)c1nc(I)c2cc(Oc3cccc(Cl)c3)ccc2c1O. The minimum Gasteiger partial charge on any atom is -0.505 e. The molecule has 0 saturated heterocycles. The number of benzene rings is 2. The number of methoxy groups -OCH3 is 1. The van der Waals surface area contributed by atoms with Gasteiger partial charge in [-0.3, -0.25) is 0 Å². The first-order valence-corrected chi connectivity index (χ1v) is 8.29. The van der Waals surface area contributed by atoms with Crippen molar-refractivity contribution in [3.05, 3.63) is 56.9 Å². The zero-order chi connectivity index (χ0) is 17.3. The van der Waals surface area contributed by atoms with Crippen molar-refractivity contribution in [2.24, 2.45) is 0 Å². The van der Waals surface area contributed by atoms with Gasteiger partial charge in [0.2, 0.25) is 0 Å². The van der Waals surface area contributed by atoms with Crippen molar-refractivity contribution in [2.75, 3.05) is 7.11 Å². The van der Waals surface area contributed by atoms with E-state index in [0.29, 0.717) is 31.0 Å². The fourth-order valence-electron chi connectivity index (χ4n) is 2.21. The minimum atomic E-state index is -0.688. The summed E-state index contributed by atoms with van der Waals surface area (Å²) < 4.78 is 11.0. The van der Waals surface area contributed by atoms with Crippen LogP contribution >= 0.6 is 34.2 Å². The molecule has 0 aliphatic heterocycles. The van der Waals surface area contributed by atoms with Crippen LogP contribution in [0.5, 0.6) is 17.2 Å². The molecule has 3 aromatic rings. The molecular weight excluding hydrogens is 445 g/mol. The van der Waals surface area contributed by atoms with Gasteiger partial charge in [0.25, 0.3) is 0 Å². The van der Waals surface area contributed by atoms with Gasteiger partial charge in [-0.05, 0) is 59.0 Å². The Hall–Kier alpha value is -2.06. The average molecular weight is 456 g/mol. The van der Waals surface area contributed by atoms with E-state index in [1.165, 1.54) is 7.11 Å². The van der Waals surface area contributed by atoms with Crippen molar-refractivity contribution < 1.29 is 19.4 Å². The predicted octanol–water partition coefficient (Wildman–Crippen LogP) is 4.78. The van der Waals surface area contributed by atoms with E-state index in [0.717, 1.165) is 0 Å². The van der Waals surface area contributed by atoms with E-state index in [-0.39, 0.29) is 11.4 Å². The molecule has 0 radical (unpaired) electrons. The Kier molecular flexibility index (Phi) is 4.77. The van der Waals surface area contributed by atoms with Gasteiger partial charge in [-0.2, -0.15) is 0 Å². The molecule has 3 rings (SSSR count). The summed E-state index contributed by atoms with van der Waals surface area (Å²) in [6.07, 6.45) is 0. The summed E-state index contributed by atoms with van der Waals surface area (Å²) in [5.74, 6) is 0.257. The molecule has 7 heteroatoms. The van der Waals surface area contributed by atoms with E-state index in [1.807, 2.05) is 22.6 Å². The second kappa shape index (κ2) is 6.82. The van der Waals surface area contributed by atoms with Crippen molar-refractivity contribution in [1.29, 1.82) is 0 Å². The molecule has 0 aliphatic carbocycles. The number of halogens is 2. The number of pyridine rings is 1. The molecule has 0 aliphatic rings. The smallest absolute Gasteiger partial charge is 0.360 e. The van der Waals surface area contributed by atoms with Gasteiger partial charge in [-0.25, -0.2) is 9.78 Å². The van der Waals surface area contributed by atoms with Crippen LogP contribution in [0.25, 0.3) is 10.8 Å². The number of carbonyl (C=O) groups excluding carboxylic acids is 1. The lowest BCUT2D eigenvalue weighted by Gasteiger charge is -2.10. The molecule has 1 aromatic heterocycles. The lowest BCUT2D eigenvalue weighted by Crippen LogP contribution is -2.06. The van der Waals surface area contributed by atoms with E-state index in [2.05, 4.69) is 9.72 Å². The summed E-state index contributed by atoms with van der Waals surface area (Å²) >= 11 is 7.94. The number of hydrogen-bond donors (Lipinski definition) is 1. The van der Waals surface area contributed by atoms with E-state index in [9.17, 15) is 9.90 Å². The lowest BCUT2D eigenvalue weighted by molar-refractivity contribution is 0.0590. The van der Waals surface area contributed by atoms with Crippen molar-refractivity contribution >= 4 is 50.9 Å². The summed E-state index contributed by atoms with van der Waals surface area (Å²) in [5.41, 5.74) is -0.113. The largest absolute Gasteiger partial charge is 0.505 e. The third-order valence-corrected chi connectivity index (χ3v) is 4.37. The second-order valence-corrected chi connectivity index (χ2v) is 6.32. The van der Waals surface area contributed by atoms with Crippen LogP contribution in [0.4, 0.5) is 0 Å². The molecule has 0 bridgehead atoms. The van der Waals surface area contributed by atoms with Crippen molar-refractivity contribution in [1.82, 2.24) is 4.98 Å². The maximum Gasteiger partial charge on any atom is 0.360 e. The average Bonchev–Trinajstić information content (AvgIpc) is 2.57. The zero-order valence-corrected chi connectivity index (χ0v) is 15.3. The maximum absolute atomic E-state index is 11.7. The highest BCUT2D eigenvalue weighted by Gasteiger charge is 2.19. The Morgan fingerprint density at radius 3 is 2.62 bits per heavy atom. The second-order valence-electron chi connectivity index (χ2n) is 4.86. The first kappa shape index (κ1) is 16.8. The molecular formula is C17H11ClINO4. The molecule has 0 saturated carbocycles. The molecule has 0 spiro atoms. The van der Waals surface area contributed by atoms with Crippen molar-refractivity contribution in [3.8, 4) is 17.2 Å². The molecule has 122 valence electrons. The standard InChI is InChI=1S/C17H11ClINO4/c1-23-17(22)14-15(21)12-6-5-11(8-13(12)16(19)20-14)24-10-4-2-3-9(18)7-10/h2-8,21H,1H3. The summed E-state index contributed by atoms with van der Waals surface area (Å²) in [6.45, 7) is 0. The van der Waals surface area contributed by atoms with Gasteiger partial charge in [-0.15, -0.1) is 0 Å². The summed E-state index contributed by atoms with van der Waals surface area (Å²) in [6, 6.07) is 12.1. The van der Waals surface area contributed by atoms with Gasteiger partial charge in [0.1, 0.15) is 15.2 Å². The van der Waals surface area contributed by atoms with E-state index in [1.54, 1.807) is 42.5 Å². The topological polar surface area (TPSA) is 68.7 Å². The molecule has 0 atom stereocenters. The Morgan fingerprint density at radius 2 is 1.92 bits per heavy atom. The molecule has 0 unspecified atom stereocenters. The van der Waals surface area contributed by atoms with Crippen LogP contribution < -0.4 is 4.74 Å². The monoisotopic (exact) mass is 455 g/mol. The van der Waals surface area contributed by atoms with Gasteiger partial charge >= 0.3 is 5.97 Å². The van der Waals surface area contributed by atoms with E-state index in [4.69, 9.17) is 16.3 Å². The van der Waals surface area contributed by atoms with Gasteiger partial charge in [0.15, 0.2) is 11.4 Å². The van der Waals surface area contributed by atoms with Crippen LogP contribution in [0.2, 0.25) is 5.02 Å². The molecule has 24 heavy (non-hydrogen) atoms. The van der Waals surface area contributed by atoms with Crippen molar-refractivity contribution in [2.45, 2.75) is 0 Å². The Bertz CT molecular complexity index is 945. The highest BCUT2D eigenvalue weighted by molar-refractivity contribution is 14.1. The van der Waals surface area contributed by atoms with Gasteiger partial charge in [0.05, 0.1) is 7.11 Å². The van der Waals surface area contributed by atoms with Crippen LogP contribution in [0.3, 0.4) is 0 Å².